The van der Waals surface area contributed by atoms with Crippen LogP contribution in [-0.2, 0) is 9.53 Å². The van der Waals surface area contributed by atoms with Crippen LogP contribution in [0.4, 0.5) is 0 Å². The molecule has 0 spiro atoms. The van der Waals surface area contributed by atoms with Crippen LogP contribution < -0.4 is 5.32 Å². The summed E-state index contributed by atoms with van der Waals surface area (Å²) in [5.41, 5.74) is 0. The zero-order valence-corrected chi connectivity index (χ0v) is 9.50. The summed E-state index contributed by atoms with van der Waals surface area (Å²) in [7, 11) is 0. The number of hydrogen-bond donors (Lipinski definition) is 1. The first-order valence-corrected chi connectivity index (χ1v) is 5.81. The van der Waals surface area contributed by atoms with Crippen molar-refractivity contribution in [1.29, 1.82) is 0 Å². The average molecular weight is 211 g/mol. The second-order valence-electron chi connectivity index (χ2n) is 3.99. The van der Waals surface area contributed by atoms with E-state index in [1.54, 1.807) is 0 Å². The summed E-state index contributed by atoms with van der Waals surface area (Å²) >= 11 is 0. The summed E-state index contributed by atoms with van der Waals surface area (Å²) in [6.45, 7) is 2.64. The molecule has 0 radical (unpaired) electrons. The molecule has 1 N–H and O–H groups in total. The van der Waals surface area contributed by atoms with Crippen LogP contribution in [0.2, 0.25) is 0 Å². The molecule has 3 heteroatoms. The minimum atomic E-state index is 0.0198. The standard InChI is InChI=1S/C12H21NO2/c1-2-3-9-15-10-12(14)13-11-7-5-4-6-8-11/h2-3,11H,4-10H2,1H3,(H,13,14)/b3-2+. The van der Waals surface area contributed by atoms with E-state index in [4.69, 9.17) is 4.74 Å². The van der Waals surface area contributed by atoms with Crippen molar-refractivity contribution in [2.24, 2.45) is 0 Å². The van der Waals surface area contributed by atoms with E-state index in [1.807, 2.05) is 19.1 Å². The average Bonchev–Trinajstić information content (AvgIpc) is 2.26. The molecule has 0 aromatic rings. The molecule has 0 aromatic heterocycles. The fourth-order valence-corrected chi connectivity index (χ4v) is 1.83. The van der Waals surface area contributed by atoms with Crippen molar-refractivity contribution in [1.82, 2.24) is 5.32 Å². The Morgan fingerprint density at radius 3 is 2.80 bits per heavy atom. The number of ether oxygens (including phenoxy) is 1. The minimum absolute atomic E-state index is 0.0198. The zero-order chi connectivity index (χ0) is 10.9. The van der Waals surface area contributed by atoms with Gasteiger partial charge in [-0.15, -0.1) is 0 Å². The molecule has 0 atom stereocenters. The highest BCUT2D eigenvalue weighted by Gasteiger charge is 2.15. The molecule has 1 fully saturated rings. The van der Waals surface area contributed by atoms with Gasteiger partial charge in [-0.05, 0) is 19.8 Å². The van der Waals surface area contributed by atoms with E-state index in [0.29, 0.717) is 12.6 Å². The van der Waals surface area contributed by atoms with E-state index in [2.05, 4.69) is 5.32 Å². The second-order valence-corrected chi connectivity index (χ2v) is 3.99. The fraction of sp³-hybridized carbons (Fsp3) is 0.750. The number of carbonyl (C=O) groups excluding carboxylic acids is 1. The van der Waals surface area contributed by atoms with Crippen molar-refractivity contribution >= 4 is 5.91 Å². The van der Waals surface area contributed by atoms with Gasteiger partial charge in [0.05, 0.1) is 6.61 Å². The van der Waals surface area contributed by atoms with Gasteiger partial charge in [-0.25, -0.2) is 0 Å². The molecule has 0 aliphatic heterocycles. The Morgan fingerprint density at radius 1 is 1.40 bits per heavy atom. The number of carbonyl (C=O) groups is 1. The number of rotatable bonds is 5. The van der Waals surface area contributed by atoms with Crippen molar-refractivity contribution < 1.29 is 9.53 Å². The normalized spacial score (nSPS) is 18.2. The molecule has 1 aliphatic rings. The maximum atomic E-state index is 11.4. The first kappa shape index (κ1) is 12.2. The number of amides is 1. The number of allylic oxidation sites excluding steroid dienone is 1. The molecule has 0 saturated heterocycles. The lowest BCUT2D eigenvalue weighted by Crippen LogP contribution is -2.38. The van der Waals surface area contributed by atoms with Crippen molar-refractivity contribution in [2.45, 2.75) is 45.1 Å². The molecular weight excluding hydrogens is 190 g/mol. The summed E-state index contributed by atoms with van der Waals surface area (Å²) in [5, 5.41) is 3.01. The highest BCUT2D eigenvalue weighted by molar-refractivity contribution is 5.77. The van der Waals surface area contributed by atoms with E-state index in [-0.39, 0.29) is 12.5 Å². The fourth-order valence-electron chi connectivity index (χ4n) is 1.83. The smallest absolute Gasteiger partial charge is 0.246 e. The van der Waals surface area contributed by atoms with Crippen LogP contribution in [0, 0.1) is 0 Å². The van der Waals surface area contributed by atoms with Crippen LogP contribution >= 0.6 is 0 Å². The monoisotopic (exact) mass is 211 g/mol. The first-order chi connectivity index (χ1) is 7.33. The third-order valence-corrected chi connectivity index (χ3v) is 2.65. The van der Waals surface area contributed by atoms with E-state index in [0.717, 1.165) is 12.8 Å². The van der Waals surface area contributed by atoms with Gasteiger partial charge in [0.2, 0.25) is 5.91 Å². The molecule has 1 rings (SSSR count). The van der Waals surface area contributed by atoms with Crippen LogP contribution in [0.3, 0.4) is 0 Å². The summed E-state index contributed by atoms with van der Waals surface area (Å²) < 4.78 is 5.18. The lowest BCUT2D eigenvalue weighted by atomic mass is 9.95. The third kappa shape index (κ3) is 5.57. The quantitative estimate of drug-likeness (QED) is 0.558. The van der Waals surface area contributed by atoms with Gasteiger partial charge in [-0.2, -0.15) is 0 Å². The van der Waals surface area contributed by atoms with Gasteiger partial charge in [0.25, 0.3) is 0 Å². The highest BCUT2D eigenvalue weighted by atomic mass is 16.5. The van der Waals surface area contributed by atoms with Gasteiger partial charge in [0.1, 0.15) is 6.61 Å². The summed E-state index contributed by atoms with van der Waals surface area (Å²) in [6.07, 6.45) is 9.85. The predicted octanol–water partition coefficient (Wildman–Crippen LogP) is 2.03. The molecular formula is C12H21NO2. The molecule has 0 aromatic carbocycles. The SMILES string of the molecule is C/C=C/COCC(=O)NC1CCCCC1. The summed E-state index contributed by atoms with van der Waals surface area (Å²) in [6, 6.07) is 0.386. The second kappa shape index (κ2) is 7.46. The van der Waals surface area contributed by atoms with Crippen molar-refractivity contribution in [3.63, 3.8) is 0 Å². The van der Waals surface area contributed by atoms with Crippen molar-refractivity contribution in [3.05, 3.63) is 12.2 Å². The Balaban J connectivity index is 2.06. The molecule has 15 heavy (non-hydrogen) atoms. The van der Waals surface area contributed by atoms with Gasteiger partial charge in [0, 0.05) is 6.04 Å². The van der Waals surface area contributed by atoms with Crippen LogP contribution in [0.15, 0.2) is 12.2 Å². The van der Waals surface area contributed by atoms with E-state index in [1.165, 1.54) is 19.3 Å². The molecule has 1 aliphatic carbocycles. The first-order valence-electron chi connectivity index (χ1n) is 5.81. The van der Waals surface area contributed by atoms with Gasteiger partial charge >= 0.3 is 0 Å². The van der Waals surface area contributed by atoms with Crippen LogP contribution in [0.5, 0.6) is 0 Å². The number of nitrogens with one attached hydrogen (secondary N) is 1. The molecule has 0 bridgehead atoms. The Morgan fingerprint density at radius 2 is 2.13 bits per heavy atom. The van der Waals surface area contributed by atoms with Crippen LogP contribution in [0.1, 0.15) is 39.0 Å². The zero-order valence-electron chi connectivity index (χ0n) is 9.50. The van der Waals surface area contributed by atoms with E-state index in [9.17, 15) is 4.79 Å². The molecule has 3 nitrogen and oxygen atoms in total. The Bertz CT molecular complexity index is 208. The van der Waals surface area contributed by atoms with Gasteiger partial charge in [0.15, 0.2) is 0 Å². The topological polar surface area (TPSA) is 38.3 Å². The maximum Gasteiger partial charge on any atom is 0.246 e. The molecule has 86 valence electrons. The van der Waals surface area contributed by atoms with E-state index < -0.39 is 0 Å². The molecule has 1 saturated carbocycles. The Kier molecular flexibility index (Phi) is 6.09. The maximum absolute atomic E-state index is 11.4. The van der Waals surface area contributed by atoms with Crippen LogP contribution in [0.25, 0.3) is 0 Å². The largest absolute Gasteiger partial charge is 0.368 e. The molecule has 0 heterocycles. The van der Waals surface area contributed by atoms with Crippen LogP contribution in [-0.4, -0.2) is 25.2 Å². The van der Waals surface area contributed by atoms with Gasteiger partial charge in [-0.3, -0.25) is 4.79 Å². The molecule has 0 unspecified atom stereocenters. The number of hydrogen-bond acceptors (Lipinski definition) is 2. The summed E-state index contributed by atoms with van der Waals surface area (Å²) in [4.78, 5) is 11.4. The predicted molar refractivity (Wildman–Crippen MR) is 60.6 cm³/mol. The van der Waals surface area contributed by atoms with Gasteiger partial charge < -0.3 is 10.1 Å². The third-order valence-electron chi connectivity index (χ3n) is 2.65. The minimum Gasteiger partial charge on any atom is -0.368 e. The Labute approximate surface area is 91.9 Å². The lowest BCUT2D eigenvalue weighted by molar-refractivity contribution is -0.126. The lowest BCUT2D eigenvalue weighted by Gasteiger charge is -2.22. The summed E-state index contributed by atoms with van der Waals surface area (Å²) in [5.74, 6) is 0.0198. The van der Waals surface area contributed by atoms with Crippen molar-refractivity contribution in [2.75, 3.05) is 13.2 Å². The van der Waals surface area contributed by atoms with E-state index >= 15 is 0 Å². The van der Waals surface area contributed by atoms with Crippen molar-refractivity contribution in [3.8, 4) is 0 Å². The Hall–Kier alpha value is -0.830. The highest BCUT2D eigenvalue weighted by Crippen LogP contribution is 2.17. The molecule has 1 amide bonds. The van der Waals surface area contributed by atoms with Gasteiger partial charge in [-0.1, -0.05) is 31.4 Å².